The van der Waals surface area contributed by atoms with E-state index in [-0.39, 0.29) is 11.8 Å². The Morgan fingerprint density at radius 2 is 1.06 bits per heavy atom. The normalized spacial score (nSPS) is 25.0. The van der Waals surface area contributed by atoms with E-state index in [1.807, 2.05) is 19.1 Å². The lowest BCUT2D eigenvalue weighted by atomic mass is 10.1. The number of hydrogen-bond donors (Lipinski definition) is 7. The van der Waals surface area contributed by atoms with Crippen LogP contribution >= 0.6 is 0 Å². The smallest absolute Gasteiger partial charge is 0.256 e. The van der Waals surface area contributed by atoms with Gasteiger partial charge in [-0.3, -0.25) is 9.59 Å². The molecule has 2 saturated heterocycles. The molecule has 2 amide bonds. The highest BCUT2D eigenvalue weighted by Crippen LogP contribution is 2.35. The molecular weight excluding hydrogens is 700 g/mol. The maximum atomic E-state index is 12.4. The van der Waals surface area contributed by atoms with Crippen molar-refractivity contribution < 1.29 is 44.6 Å². The lowest BCUT2D eigenvalue weighted by molar-refractivity contribution is -0.0508. The van der Waals surface area contributed by atoms with E-state index in [0.29, 0.717) is 51.3 Å². The van der Waals surface area contributed by atoms with Crippen LogP contribution in [0.25, 0.3) is 22.1 Å². The second kappa shape index (κ2) is 15.7. The van der Waals surface area contributed by atoms with Crippen molar-refractivity contribution in [3.63, 3.8) is 0 Å². The van der Waals surface area contributed by atoms with Gasteiger partial charge in [-0.1, -0.05) is 43.3 Å². The molecule has 6 aromatic rings. The number of amides is 2. The lowest BCUT2D eigenvalue weighted by Crippen LogP contribution is -2.33. The average Bonchev–Trinajstić information content (AvgIpc) is 3.97. The van der Waals surface area contributed by atoms with Crippen molar-refractivity contribution in [3.8, 4) is 0 Å². The molecular formula is C37H38N8O9. The minimum Gasteiger partial charge on any atom is -0.394 e. The van der Waals surface area contributed by atoms with E-state index in [1.54, 1.807) is 82.2 Å². The van der Waals surface area contributed by atoms with Gasteiger partial charge in [-0.2, -0.15) is 0 Å². The number of aromatic nitrogens is 6. The third-order valence-corrected chi connectivity index (χ3v) is 9.36. The Morgan fingerprint density at radius 1 is 0.630 bits per heavy atom. The van der Waals surface area contributed by atoms with Gasteiger partial charge in [-0.15, -0.1) is 0 Å². The molecule has 2 fully saturated rings. The summed E-state index contributed by atoms with van der Waals surface area (Å²) in [5.41, 5.74) is 1.93. The van der Waals surface area contributed by atoms with Crippen LogP contribution in [-0.2, 0) is 9.47 Å². The molecule has 8 atom stereocenters. The van der Waals surface area contributed by atoms with E-state index in [4.69, 9.17) is 9.47 Å². The number of rotatable bonds is 8. The first-order valence-electron chi connectivity index (χ1n) is 17.2. The van der Waals surface area contributed by atoms with Crippen molar-refractivity contribution in [3.05, 3.63) is 109 Å². The zero-order chi connectivity index (χ0) is 37.9. The summed E-state index contributed by atoms with van der Waals surface area (Å²) in [5, 5.41) is 56.6. The predicted octanol–water partition coefficient (Wildman–Crippen LogP) is 2.01. The number of carbonyl (C=O) groups is 2. The van der Waals surface area contributed by atoms with Crippen LogP contribution in [0.4, 0.5) is 11.6 Å². The van der Waals surface area contributed by atoms with Crippen molar-refractivity contribution in [2.24, 2.45) is 0 Å². The van der Waals surface area contributed by atoms with Gasteiger partial charge in [0.25, 0.3) is 11.8 Å². The first-order valence-corrected chi connectivity index (χ1v) is 17.2. The van der Waals surface area contributed by atoms with Crippen LogP contribution in [0, 0.1) is 0 Å². The first kappa shape index (κ1) is 36.7. The molecule has 4 aromatic heterocycles. The molecule has 54 heavy (non-hydrogen) atoms. The fourth-order valence-corrected chi connectivity index (χ4v) is 6.50. The van der Waals surface area contributed by atoms with E-state index in [2.05, 4.69) is 30.6 Å². The van der Waals surface area contributed by atoms with Crippen molar-refractivity contribution in [2.75, 3.05) is 17.2 Å². The highest BCUT2D eigenvalue weighted by molar-refractivity contribution is 6.08. The Hall–Kier alpha value is -5.66. The summed E-state index contributed by atoms with van der Waals surface area (Å²) in [6, 6.07) is 21.0. The van der Waals surface area contributed by atoms with Gasteiger partial charge in [0.2, 0.25) is 0 Å². The second-order valence-corrected chi connectivity index (χ2v) is 12.7. The molecule has 0 unspecified atom stereocenters. The molecule has 2 aliphatic heterocycles. The number of aliphatic hydroxyl groups is 5. The fraction of sp³-hybridized carbons (Fsp3) is 0.297. The Morgan fingerprint density at radius 3 is 1.44 bits per heavy atom. The second-order valence-electron chi connectivity index (χ2n) is 12.7. The molecule has 8 rings (SSSR count). The number of fused-ring (bicyclic) bond motifs is 2. The largest absolute Gasteiger partial charge is 0.394 e. The van der Waals surface area contributed by atoms with Gasteiger partial charge < -0.3 is 54.8 Å². The zero-order valence-corrected chi connectivity index (χ0v) is 28.8. The molecule has 0 bridgehead atoms. The number of carbonyl (C=O) groups excluding carboxylic acids is 2. The van der Waals surface area contributed by atoms with Gasteiger partial charge in [-0.05, 0) is 42.8 Å². The standard InChI is InChI=1S/C19H20N4O4.C18H18N4O5/c1-2-13-14(24)15(25)19(27-13)23-9-8-12-16(20-10-21-17(12)23)22-18(26)11-6-4-3-5-7-11;23-8-12-13(24)14(25)18(27-12)22-7-6-11-15(19-9-20-16(11)22)21-17(26)10-4-2-1-3-5-10/h3-10,13-15,19,24-25H,2H2,1H3,(H,20,21,22,26);1-7,9,12-14,18,23-25H,8H2,(H,19,20,21,26)/t13-,14-,15-,19-;12-,13-,14-,18-/m11/s1. The van der Waals surface area contributed by atoms with Crippen molar-refractivity contribution in [2.45, 2.75) is 62.4 Å². The highest BCUT2D eigenvalue weighted by atomic mass is 16.6. The number of nitrogens with zero attached hydrogens (tertiary/aromatic N) is 6. The summed E-state index contributed by atoms with van der Waals surface area (Å²) < 4.78 is 14.5. The summed E-state index contributed by atoms with van der Waals surface area (Å²) in [6.45, 7) is 1.47. The molecule has 0 spiro atoms. The molecule has 0 saturated carbocycles. The quantitative estimate of drug-likeness (QED) is 0.118. The predicted molar refractivity (Wildman–Crippen MR) is 193 cm³/mol. The number of hydrogen-bond acceptors (Lipinski definition) is 13. The van der Waals surface area contributed by atoms with Crippen molar-refractivity contribution in [1.29, 1.82) is 0 Å². The van der Waals surface area contributed by atoms with Gasteiger partial charge in [0, 0.05) is 23.5 Å². The van der Waals surface area contributed by atoms with E-state index in [9.17, 15) is 35.1 Å². The number of ether oxygens (including phenoxy) is 2. The van der Waals surface area contributed by atoms with Crippen LogP contribution in [-0.4, -0.2) is 110 Å². The average molecular weight is 739 g/mol. The molecule has 6 heterocycles. The Bertz CT molecular complexity index is 2080. The highest BCUT2D eigenvalue weighted by Gasteiger charge is 2.44. The molecule has 7 N–H and O–H groups in total. The van der Waals surface area contributed by atoms with Crippen LogP contribution in [0.2, 0.25) is 0 Å². The topological polar surface area (TPSA) is 239 Å². The molecule has 2 aromatic carbocycles. The zero-order valence-electron chi connectivity index (χ0n) is 28.8. The molecule has 0 aliphatic carbocycles. The number of anilines is 2. The molecule has 280 valence electrons. The van der Waals surface area contributed by atoms with Crippen LogP contribution in [0.15, 0.2) is 97.8 Å². The third kappa shape index (κ3) is 7.04. The van der Waals surface area contributed by atoms with E-state index in [1.165, 1.54) is 12.7 Å². The van der Waals surface area contributed by atoms with Crippen molar-refractivity contribution in [1.82, 2.24) is 29.1 Å². The van der Waals surface area contributed by atoms with Crippen LogP contribution in [0.5, 0.6) is 0 Å². The Labute approximate surface area is 307 Å². The summed E-state index contributed by atoms with van der Waals surface area (Å²) in [6.07, 6.45) is -0.920. The molecule has 17 heteroatoms. The third-order valence-electron chi connectivity index (χ3n) is 9.36. The van der Waals surface area contributed by atoms with E-state index >= 15 is 0 Å². The maximum Gasteiger partial charge on any atom is 0.256 e. The first-order chi connectivity index (χ1) is 26.2. The van der Waals surface area contributed by atoms with Crippen molar-refractivity contribution >= 4 is 45.5 Å². The maximum absolute atomic E-state index is 12.4. The lowest BCUT2D eigenvalue weighted by Gasteiger charge is -2.17. The SMILES string of the molecule is CC[C@H]1O[C@@H](n2ccc3c(NC(=O)c4ccccc4)ncnc32)[C@H](O)[C@@H]1O.O=C(Nc1ncnc2c1ccn2[C@@H]1O[C@H](CO)[C@@H](O)[C@H]1O)c1ccccc1. The summed E-state index contributed by atoms with van der Waals surface area (Å²) in [4.78, 5) is 41.6. The number of benzene rings is 2. The fourth-order valence-electron chi connectivity index (χ4n) is 6.50. The van der Waals surface area contributed by atoms with Gasteiger partial charge in [0.15, 0.2) is 12.5 Å². The molecule has 0 radical (unpaired) electrons. The van der Waals surface area contributed by atoms with Crippen LogP contribution in [0.1, 0.15) is 46.5 Å². The van der Waals surface area contributed by atoms with E-state index in [0.717, 1.165) is 0 Å². The Balaban J connectivity index is 0.000000167. The summed E-state index contributed by atoms with van der Waals surface area (Å²) in [5.74, 6) is 0.102. The number of aliphatic hydroxyl groups excluding tert-OH is 5. The van der Waals surface area contributed by atoms with E-state index < -0.39 is 55.7 Å². The minimum absolute atomic E-state index is 0.276. The minimum atomic E-state index is -1.23. The Kier molecular flexibility index (Phi) is 10.7. The molecule has 17 nitrogen and oxygen atoms in total. The van der Waals surface area contributed by atoms with Gasteiger partial charge in [0.05, 0.1) is 23.5 Å². The van der Waals surface area contributed by atoms with Crippen LogP contribution in [0.3, 0.4) is 0 Å². The molecule has 2 aliphatic rings. The summed E-state index contributed by atoms with van der Waals surface area (Å²) in [7, 11) is 0. The van der Waals surface area contributed by atoms with Gasteiger partial charge in [-0.25, -0.2) is 19.9 Å². The van der Waals surface area contributed by atoms with Gasteiger partial charge >= 0.3 is 0 Å². The number of nitrogens with one attached hydrogen (secondary N) is 2. The summed E-state index contributed by atoms with van der Waals surface area (Å²) >= 11 is 0. The van der Waals surface area contributed by atoms with Crippen LogP contribution < -0.4 is 10.6 Å². The van der Waals surface area contributed by atoms with Gasteiger partial charge in [0.1, 0.15) is 66.1 Å². The monoisotopic (exact) mass is 738 g/mol.